The number of fused-ring (bicyclic) bond motifs is 2. The van der Waals surface area contributed by atoms with Gasteiger partial charge in [0.1, 0.15) is 12.2 Å². The number of rotatable bonds is 3. The Kier molecular flexibility index (Phi) is 4.87. The van der Waals surface area contributed by atoms with Crippen molar-refractivity contribution in [3.63, 3.8) is 0 Å². The maximum absolute atomic E-state index is 12.8. The first-order valence-corrected chi connectivity index (χ1v) is 9.71. The molecule has 1 N–H and O–H groups in total. The van der Waals surface area contributed by atoms with Gasteiger partial charge in [0.2, 0.25) is 0 Å². The summed E-state index contributed by atoms with van der Waals surface area (Å²) >= 11 is 0. The number of amides is 1. The van der Waals surface area contributed by atoms with E-state index in [-0.39, 0.29) is 24.8 Å². The average molecular weight is 366 g/mol. The second-order valence-corrected chi connectivity index (χ2v) is 7.79. The van der Waals surface area contributed by atoms with Crippen LogP contribution >= 0.6 is 0 Å². The van der Waals surface area contributed by atoms with Crippen molar-refractivity contribution in [2.45, 2.75) is 63.3 Å². The normalized spacial score (nSPS) is 27.3. The second kappa shape index (κ2) is 7.31. The molecule has 2 aromatic rings. The van der Waals surface area contributed by atoms with Crippen LogP contribution in [0.25, 0.3) is 0 Å². The Morgan fingerprint density at radius 1 is 1.15 bits per heavy atom. The van der Waals surface area contributed by atoms with Gasteiger partial charge in [-0.1, -0.05) is 36.4 Å². The molecule has 2 aliphatic heterocycles. The molecule has 0 saturated carbocycles. The van der Waals surface area contributed by atoms with Crippen LogP contribution < -0.4 is 0 Å². The number of piperidine rings is 2. The minimum atomic E-state index is -0.974. The Morgan fingerprint density at radius 3 is 2.52 bits per heavy atom. The van der Waals surface area contributed by atoms with Gasteiger partial charge in [-0.15, -0.1) is 0 Å². The van der Waals surface area contributed by atoms with Crippen molar-refractivity contribution in [3.8, 4) is 0 Å². The van der Waals surface area contributed by atoms with Crippen LogP contribution in [0.3, 0.4) is 0 Å². The largest absolute Gasteiger partial charge is 0.445 e. The van der Waals surface area contributed by atoms with E-state index in [1.54, 1.807) is 0 Å². The molecule has 2 fully saturated rings. The third-order valence-corrected chi connectivity index (χ3v) is 5.79. The zero-order valence-electron chi connectivity index (χ0n) is 15.7. The lowest BCUT2D eigenvalue weighted by molar-refractivity contribution is -0.0919. The van der Waals surface area contributed by atoms with Crippen LogP contribution in [0.5, 0.6) is 0 Å². The molecule has 5 heteroatoms. The molecule has 3 heterocycles. The van der Waals surface area contributed by atoms with Crippen molar-refractivity contribution in [1.82, 2.24) is 9.88 Å². The van der Waals surface area contributed by atoms with Gasteiger partial charge in [-0.25, -0.2) is 4.79 Å². The van der Waals surface area contributed by atoms with Gasteiger partial charge in [0.25, 0.3) is 0 Å². The minimum Gasteiger partial charge on any atom is -0.445 e. The molecule has 0 aliphatic carbocycles. The summed E-state index contributed by atoms with van der Waals surface area (Å²) in [6.45, 7) is 2.21. The molecule has 2 atom stereocenters. The van der Waals surface area contributed by atoms with Crippen LogP contribution in [0.15, 0.2) is 48.5 Å². The molecule has 1 aromatic carbocycles. The molecule has 0 spiro atoms. The molecule has 5 nitrogen and oxygen atoms in total. The van der Waals surface area contributed by atoms with Crippen LogP contribution in [-0.2, 0) is 16.9 Å². The first-order valence-electron chi connectivity index (χ1n) is 9.71. The first-order chi connectivity index (χ1) is 13.0. The highest BCUT2D eigenvalue weighted by Gasteiger charge is 2.49. The van der Waals surface area contributed by atoms with Gasteiger partial charge in [-0.2, -0.15) is 0 Å². The predicted octanol–water partition coefficient (Wildman–Crippen LogP) is 3.93. The zero-order chi connectivity index (χ0) is 18.9. The summed E-state index contributed by atoms with van der Waals surface area (Å²) in [6.07, 6.45) is 3.62. The topological polar surface area (TPSA) is 62.7 Å². The third kappa shape index (κ3) is 3.69. The van der Waals surface area contributed by atoms with Crippen LogP contribution in [-0.4, -0.2) is 33.2 Å². The lowest BCUT2D eigenvalue weighted by Crippen LogP contribution is -2.59. The van der Waals surface area contributed by atoms with Crippen LogP contribution in [0.4, 0.5) is 4.79 Å². The quantitative estimate of drug-likeness (QED) is 0.894. The lowest BCUT2D eigenvalue weighted by atomic mass is 9.74. The van der Waals surface area contributed by atoms with Crippen molar-refractivity contribution in [1.29, 1.82) is 0 Å². The summed E-state index contributed by atoms with van der Waals surface area (Å²) in [7, 11) is 0. The fourth-order valence-electron chi connectivity index (χ4n) is 4.53. The number of ether oxygens (including phenoxy) is 1. The molecule has 2 aliphatic rings. The number of hydrogen-bond acceptors (Lipinski definition) is 4. The number of aryl methyl sites for hydroxylation is 1. The second-order valence-electron chi connectivity index (χ2n) is 7.79. The number of aliphatic hydroxyl groups is 1. The van der Waals surface area contributed by atoms with E-state index in [0.717, 1.165) is 36.2 Å². The molecular formula is C22H26N2O3. The molecule has 27 heavy (non-hydrogen) atoms. The van der Waals surface area contributed by atoms with Gasteiger partial charge in [0.05, 0.1) is 5.69 Å². The van der Waals surface area contributed by atoms with E-state index in [9.17, 15) is 9.90 Å². The van der Waals surface area contributed by atoms with Gasteiger partial charge in [0, 0.05) is 30.6 Å². The number of carbonyl (C=O) groups is 1. The Balaban J connectivity index is 1.49. The van der Waals surface area contributed by atoms with Crippen molar-refractivity contribution in [2.24, 2.45) is 0 Å². The summed E-state index contributed by atoms with van der Waals surface area (Å²) in [5.41, 5.74) is 1.62. The Morgan fingerprint density at radius 2 is 1.85 bits per heavy atom. The molecule has 2 bridgehead atoms. The van der Waals surface area contributed by atoms with Gasteiger partial charge in [-0.05, 0) is 43.9 Å². The Bertz CT molecular complexity index is 794. The average Bonchev–Trinajstić information content (AvgIpc) is 2.66. The first kappa shape index (κ1) is 18.0. The third-order valence-electron chi connectivity index (χ3n) is 5.79. The number of nitrogens with zero attached hydrogens (tertiary/aromatic N) is 2. The summed E-state index contributed by atoms with van der Waals surface area (Å²) in [6, 6.07) is 15.5. The van der Waals surface area contributed by atoms with Crippen molar-refractivity contribution in [3.05, 3.63) is 65.5 Å². The van der Waals surface area contributed by atoms with E-state index >= 15 is 0 Å². The highest BCUT2D eigenvalue weighted by molar-refractivity contribution is 5.69. The Hall–Kier alpha value is -2.40. The number of aromatic nitrogens is 1. The fraction of sp³-hybridized carbons (Fsp3) is 0.455. The number of carbonyl (C=O) groups excluding carboxylic acids is 1. The molecule has 142 valence electrons. The number of hydrogen-bond donors (Lipinski definition) is 1. The molecule has 4 rings (SSSR count). The molecule has 1 amide bonds. The van der Waals surface area contributed by atoms with Crippen molar-refractivity contribution >= 4 is 6.09 Å². The van der Waals surface area contributed by atoms with E-state index in [4.69, 9.17) is 4.74 Å². The number of benzene rings is 1. The predicted molar refractivity (Wildman–Crippen MR) is 102 cm³/mol. The standard InChI is InChI=1S/C22H26N2O3/c1-16-7-5-12-20(23-16)22(26)13-18-10-6-11-19(14-22)24(18)21(25)27-15-17-8-3-2-4-9-17/h2-5,7-9,12,18-19,26H,6,10-11,13-15H2,1H3. The van der Waals surface area contributed by atoms with Gasteiger partial charge < -0.3 is 14.7 Å². The molecule has 2 unspecified atom stereocenters. The van der Waals surface area contributed by atoms with Crippen LogP contribution in [0, 0.1) is 6.92 Å². The van der Waals surface area contributed by atoms with Crippen LogP contribution in [0.2, 0.25) is 0 Å². The fourth-order valence-corrected chi connectivity index (χ4v) is 4.53. The van der Waals surface area contributed by atoms with E-state index in [1.165, 1.54) is 0 Å². The van der Waals surface area contributed by atoms with E-state index < -0.39 is 5.60 Å². The van der Waals surface area contributed by atoms with Crippen molar-refractivity contribution in [2.75, 3.05) is 0 Å². The monoisotopic (exact) mass is 366 g/mol. The van der Waals surface area contributed by atoms with E-state index in [0.29, 0.717) is 12.8 Å². The van der Waals surface area contributed by atoms with Gasteiger partial charge in [0.15, 0.2) is 0 Å². The summed E-state index contributed by atoms with van der Waals surface area (Å²) in [5, 5.41) is 11.3. The van der Waals surface area contributed by atoms with Crippen LogP contribution in [0.1, 0.15) is 49.1 Å². The molecule has 1 aromatic heterocycles. The lowest BCUT2D eigenvalue weighted by Gasteiger charge is -2.51. The van der Waals surface area contributed by atoms with Gasteiger partial charge >= 0.3 is 6.09 Å². The summed E-state index contributed by atoms with van der Waals surface area (Å²) in [5.74, 6) is 0. The zero-order valence-corrected chi connectivity index (χ0v) is 15.7. The maximum atomic E-state index is 12.8. The SMILES string of the molecule is Cc1cccc(C2(O)CC3CCCC(C2)N3C(=O)OCc2ccccc2)n1. The molecular weight excluding hydrogens is 340 g/mol. The van der Waals surface area contributed by atoms with E-state index in [2.05, 4.69) is 4.98 Å². The Labute approximate surface area is 160 Å². The highest BCUT2D eigenvalue weighted by atomic mass is 16.6. The van der Waals surface area contributed by atoms with E-state index in [1.807, 2.05) is 60.4 Å². The van der Waals surface area contributed by atoms with Crippen molar-refractivity contribution < 1.29 is 14.6 Å². The summed E-state index contributed by atoms with van der Waals surface area (Å²) in [4.78, 5) is 19.2. The molecule has 0 radical (unpaired) electrons. The molecule has 2 saturated heterocycles. The smallest absolute Gasteiger partial charge is 0.410 e. The summed E-state index contributed by atoms with van der Waals surface area (Å²) < 4.78 is 5.59. The number of pyridine rings is 1. The minimum absolute atomic E-state index is 0.00640. The maximum Gasteiger partial charge on any atom is 0.410 e. The van der Waals surface area contributed by atoms with Gasteiger partial charge in [-0.3, -0.25) is 4.98 Å². The highest BCUT2D eigenvalue weighted by Crippen LogP contribution is 2.44.